The Morgan fingerprint density at radius 3 is 2.18 bits per heavy atom. The van der Waals surface area contributed by atoms with Gasteiger partial charge in [-0.05, 0) is 13.8 Å². The first-order valence-corrected chi connectivity index (χ1v) is 4.79. The minimum Gasteiger partial charge on any atom is -0.445 e. The van der Waals surface area contributed by atoms with Gasteiger partial charge in [0.05, 0.1) is 12.4 Å². The van der Waals surface area contributed by atoms with Gasteiger partial charge >= 0.3 is 6.09 Å². The van der Waals surface area contributed by atoms with E-state index in [1.54, 1.807) is 13.8 Å². The lowest BCUT2D eigenvalue weighted by atomic mass is 10.5. The molecule has 0 spiro atoms. The van der Waals surface area contributed by atoms with Crippen LogP contribution in [0.25, 0.3) is 0 Å². The Kier molecular flexibility index (Phi) is 3.31. The van der Waals surface area contributed by atoms with E-state index in [1.165, 1.54) is 0 Å². The molecular weight excluding hydrogens is 170 g/mol. The van der Waals surface area contributed by atoms with Crippen LogP contribution in [0.15, 0.2) is 0 Å². The molecule has 0 aromatic heterocycles. The SMILES string of the molecule is CC(C)OC(=O)[N]S(C)(=O)=O. The van der Waals surface area contributed by atoms with Gasteiger partial charge in [-0.15, -0.1) is 0 Å². The molecule has 0 unspecified atom stereocenters. The molecule has 65 valence electrons. The van der Waals surface area contributed by atoms with E-state index >= 15 is 0 Å². The van der Waals surface area contributed by atoms with Gasteiger partial charge in [-0.2, -0.15) is 0 Å². The number of hydrogen-bond donors (Lipinski definition) is 0. The summed E-state index contributed by atoms with van der Waals surface area (Å²) >= 11 is 0. The molecule has 6 heteroatoms. The molecule has 5 nitrogen and oxygen atoms in total. The van der Waals surface area contributed by atoms with Crippen LogP contribution in [0.4, 0.5) is 4.79 Å². The van der Waals surface area contributed by atoms with E-state index < -0.39 is 16.1 Å². The highest BCUT2D eigenvalue weighted by atomic mass is 32.2. The molecular formula is C5H10NO4S. The fourth-order valence-electron chi connectivity index (χ4n) is 0.359. The average Bonchev–Trinajstić information content (AvgIpc) is 1.53. The first kappa shape index (κ1) is 10.2. The summed E-state index contributed by atoms with van der Waals surface area (Å²) in [5.41, 5.74) is 0. The van der Waals surface area contributed by atoms with Gasteiger partial charge in [0, 0.05) is 0 Å². The van der Waals surface area contributed by atoms with Crippen LogP contribution >= 0.6 is 0 Å². The average molecular weight is 180 g/mol. The quantitative estimate of drug-likeness (QED) is 0.603. The predicted octanol–water partition coefficient (Wildman–Crippen LogP) is 0.0954. The third-order valence-electron chi connectivity index (χ3n) is 0.577. The van der Waals surface area contributed by atoms with Crippen LogP contribution in [0.2, 0.25) is 0 Å². The van der Waals surface area contributed by atoms with E-state index in [1.807, 2.05) is 0 Å². The number of sulfonamides is 1. The van der Waals surface area contributed by atoms with Crippen LogP contribution in [-0.4, -0.2) is 26.9 Å². The summed E-state index contributed by atoms with van der Waals surface area (Å²) in [5, 5.41) is 0. The summed E-state index contributed by atoms with van der Waals surface area (Å²) in [5.74, 6) is 0. The maximum Gasteiger partial charge on any atom is 0.444 e. The highest BCUT2D eigenvalue weighted by Gasteiger charge is 2.13. The molecule has 0 aliphatic carbocycles. The maximum absolute atomic E-state index is 10.5. The van der Waals surface area contributed by atoms with Gasteiger partial charge in [-0.3, -0.25) is 0 Å². The Labute approximate surface area is 65.8 Å². The summed E-state index contributed by atoms with van der Waals surface area (Å²) in [6, 6.07) is 0. The Morgan fingerprint density at radius 2 is 1.91 bits per heavy atom. The monoisotopic (exact) mass is 180 g/mol. The number of ether oxygens (including phenoxy) is 1. The predicted molar refractivity (Wildman–Crippen MR) is 38.6 cm³/mol. The lowest BCUT2D eigenvalue weighted by molar-refractivity contribution is 0.121. The topological polar surface area (TPSA) is 74.5 Å². The van der Waals surface area contributed by atoms with Crippen molar-refractivity contribution < 1.29 is 17.9 Å². The fourth-order valence-corrected chi connectivity index (χ4v) is 0.672. The molecule has 1 radical (unpaired) electrons. The van der Waals surface area contributed by atoms with E-state index in [-0.39, 0.29) is 6.10 Å². The van der Waals surface area contributed by atoms with Crippen molar-refractivity contribution >= 4 is 16.1 Å². The number of rotatable bonds is 2. The standard InChI is InChI=1S/C5H10NO4S/c1-4(2)10-5(7)6-11(3,8)9/h4H,1-3H3. The van der Waals surface area contributed by atoms with E-state index in [9.17, 15) is 13.2 Å². The Balaban J connectivity index is 3.91. The third kappa shape index (κ3) is 7.11. The second kappa shape index (κ2) is 3.56. The van der Waals surface area contributed by atoms with Gasteiger partial charge in [0.25, 0.3) is 10.0 Å². The third-order valence-corrected chi connectivity index (χ3v) is 1.06. The van der Waals surface area contributed by atoms with E-state index in [0.29, 0.717) is 0 Å². The van der Waals surface area contributed by atoms with Crippen molar-refractivity contribution in [2.75, 3.05) is 6.26 Å². The van der Waals surface area contributed by atoms with Crippen molar-refractivity contribution in [1.82, 2.24) is 4.72 Å². The Bertz CT molecular complexity index is 231. The van der Waals surface area contributed by atoms with Gasteiger partial charge in [-0.1, -0.05) is 4.72 Å². The first-order chi connectivity index (χ1) is 4.81. The highest BCUT2D eigenvalue weighted by Crippen LogP contribution is 1.90. The molecule has 0 aromatic carbocycles. The number of hydrogen-bond acceptors (Lipinski definition) is 4. The second-order valence-electron chi connectivity index (χ2n) is 2.26. The largest absolute Gasteiger partial charge is 0.445 e. The summed E-state index contributed by atoms with van der Waals surface area (Å²) in [4.78, 5) is 10.5. The fraction of sp³-hybridized carbons (Fsp3) is 0.800. The van der Waals surface area contributed by atoms with E-state index in [0.717, 1.165) is 6.26 Å². The van der Waals surface area contributed by atoms with Crippen LogP contribution in [0.5, 0.6) is 0 Å². The summed E-state index contributed by atoms with van der Waals surface area (Å²) in [6.45, 7) is 3.21. The van der Waals surface area contributed by atoms with Crippen LogP contribution in [0, 0.1) is 0 Å². The van der Waals surface area contributed by atoms with Gasteiger partial charge in [0.1, 0.15) is 0 Å². The summed E-state index contributed by atoms with van der Waals surface area (Å²) in [6.07, 6.45) is -0.593. The highest BCUT2D eigenvalue weighted by molar-refractivity contribution is 7.89. The lowest BCUT2D eigenvalue weighted by Crippen LogP contribution is -2.25. The number of nitrogens with zero attached hydrogens (tertiary/aromatic N) is 1. The summed E-state index contributed by atoms with van der Waals surface area (Å²) in [7, 11) is -3.62. The molecule has 0 saturated heterocycles. The molecule has 0 aliphatic heterocycles. The molecule has 0 aromatic rings. The van der Waals surface area contributed by atoms with Gasteiger partial charge < -0.3 is 4.74 Å². The van der Waals surface area contributed by atoms with Gasteiger partial charge in [-0.25, -0.2) is 13.2 Å². The Hall–Kier alpha value is -0.780. The molecule has 1 amide bonds. The summed E-state index contributed by atoms with van der Waals surface area (Å²) < 4.78 is 27.9. The van der Waals surface area contributed by atoms with Gasteiger partial charge in [0.2, 0.25) is 0 Å². The Morgan fingerprint density at radius 1 is 1.45 bits per heavy atom. The molecule has 11 heavy (non-hydrogen) atoms. The van der Waals surface area contributed by atoms with Crippen molar-refractivity contribution in [2.45, 2.75) is 20.0 Å². The zero-order chi connectivity index (χ0) is 9.07. The van der Waals surface area contributed by atoms with E-state index in [2.05, 4.69) is 9.46 Å². The number of amides is 1. The molecule has 0 N–H and O–H groups in total. The molecule has 0 fully saturated rings. The second-order valence-corrected chi connectivity index (χ2v) is 3.91. The van der Waals surface area contributed by atoms with Crippen molar-refractivity contribution in [2.24, 2.45) is 0 Å². The van der Waals surface area contributed by atoms with Gasteiger partial charge in [0.15, 0.2) is 0 Å². The van der Waals surface area contributed by atoms with Crippen LogP contribution < -0.4 is 4.72 Å². The molecule has 0 heterocycles. The zero-order valence-corrected chi connectivity index (χ0v) is 7.38. The van der Waals surface area contributed by atoms with Crippen molar-refractivity contribution in [3.8, 4) is 0 Å². The minimum atomic E-state index is -3.62. The first-order valence-electron chi connectivity index (χ1n) is 2.95. The van der Waals surface area contributed by atoms with Crippen LogP contribution in [-0.2, 0) is 14.8 Å². The number of carbonyl (C=O) groups excluding carboxylic acids is 1. The lowest BCUT2D eigenvalue weighted by Gasteiger charge is -2.04. The smallest absolute Gasteiger partial charge is 0.444 e. The van der Waals surface area contributed by atoms with Crippen molar-refractivity contribution in [3.05, 3.63) is 0 Å². The van der Waals surface area contributed by atoms with Crippen molar-refractivity contribution in [1.29, 1.82) is 0 Å². The maximum atomic E-state index is 10.5. The molecule has 0 atom stereocenters. The minimum absolute atomic E-state index is 0.354. The van der Waals surface area contributed by atoms with E-state index in [4.69, 9.17) is 0 Å². The molecule has 0 rings (SSSR count). The molecule has 0 bridgehead atoms. The molecule has 0 saturated carbocycles. The molecule has 0 aliphatic rings. The normalized spacial score (nSPS) is 11.3. The van der Waals surface area contributed by atoms with Crippen LogP contribution in [0.3, 0.4) is 0 Å². The van der Waals surface area contributed by atoms with Crippen LogP contribution in [0.1, 0.15) is 13.8 Å². The number of carbonyl (C=O) groups is 1. The van der Waals surface area contributed by atoms with Crippen molar-refractivity contribution in [3.63, 3.8) is 0 Å². The zero-order valence-electron chi connectivity index (χ0n) is 6.57.